The number of carbonyl (C=O) groups excluding carboxylic acids is 1. The molecule has 0 aliphatic heterocycles. The number of thioether (sulfide) groups is 1. The van der Waals surface area contributed by atoms with Crippen LogP contribution in [0.15, 0.2) is 5.03 Å². The lowest BCUT2D eigenvalue weighted by Gasteiger charge is -2.10. The van der Waals surface area contributed by atoms with Gasteiger partial charge >= 0.3 is 12.0 Å². The highest BCUT2D eigenvalue weighted by atomic mass is 32.2. The number of hydrogen-bond acceptors (Lipinski definition) is 5. The van der Waals surface area contributed by atoms with Gasteiger partial charge in [-0.2, -0.15) is 4.37 Å². The minimum atomic E-state index is -1.06. The Balaban J connectivity index is 2.79. The molecule has 20 heavy (non-hydrogen) atoms. The number of carbonyl (C=O) groups is 2. The van der Waals surface area contributed by atoms with Gasteiger partial charge < -0.3 is 10.0 Å². The van der Waals surface area contributed by atoms with Crippen molar-refractivity contribution < 1.29 is 14.7 Å². The van der Waals surface area contributed by atoms with Crippen LogP contribution in [0, 0.1) is 0 Å². The number of hydrogen-bond donors (Lipinski definition) is 2. The zero-order valence-corrected chi connectivity index (χ0v) is 13.4. The number of rotatable bonds is 7. The van der Waals surface area contributed by atoms with Gasteiger partial charge in [-0.3, -0.25) is 5.32 Å². The van der Waals surface area contributed by atoms with E-state index in [-0.39, 0.29) is 16.6 Å². The summed E-state index contributed by atoms with van der Waals surface area (Å²) in [5.41, 5.74) is 0.0895. The molecule has 112 valence electrons. The van der Waals surface area contributed by atoms with Crippen molar-refractivity contribution in [2.24, 2.45) is 0 Å². The van der Waals surface area contributed by atoms with Crippen LogP contribution in [0.1, 0.15) is 36.5 Å². The average Bonchev–Trinajstić information content (AvgIpc) is 2.77. The van der Waals surface area contributed by atoms with Gasteiger partial charge in [0.1, 0.15) is 15.6 Å². The first-order chi connectivity index (χ1) is 9.47. The fourth-order valence-electron chi connectivity index (χ4n) is 1.38. The Morgan fingerprint density at radius 1 is 1.40 bits per heavy atom. The topological polar surface area (TPSA) is 82.5 Å². The zero-order valence-electron chi connectivity index (χ0n) is 11.8. The molecular formula is C12H19N3O3S2. The van der Waals surface area contributed by atoms with Crippen molar-refractivity contribution >= 4 is 40.3 Å². The maximum absolute atomic E-state index is 11.6. The van der Waals surface area contributed by atoms with Gasteiger partial charge in [0.05, 0.1) is 0 Å². The van der Waals surface area contributed by atoms with Gasteiger partial charge in [-0.15, -0.1) is 11.8 Å². The second-order valence-corrected chi connectivity index (χ2v) is 6.23. The zero-order chi connectivity index (χ0) is 15.1. The summed E-state index contributed by atoms with van der Waals surface area (Å²) >= 11 is 2.43. The predicted molar refractivity (Wildman–Crippen MR) is 82.0 cm³/mol. The van der Waals surface area contributed by atoms with Crippen LogP contribution in [-0.4, -0.2) is 46.2 Å². The van der Waals surface area contributed by atoms with E-state index in [0.717, 1.165) is 36.5 Å². The van der Waals surface area contributed by atoms with Crippen molar-refractivity contribution in [3.63, 3.8) is 0 Å². The second kappa shape index (κ2) is 8.11. The minimum Gasteiger partial charge on any atom is -0.477 e. The van der Waals surface area contributed by atoms with Crippen molar-refractivity contribution in [1.29, 1.82) is 0 Å². The Bertz CT molecular complexity index is 475. The molecule has 0 radical (unpaired) electrons. The summed E-state index contributed by atoms with van der Waals surface area (Å²) in [6.07, 6.45) is 3.26. The Morgan fingerprint density at radius 3 is 2.65 bits per heavy atom. The molecular weight excluding hydrogens is 298 g/mol. The molecule has 0 aliphatic rings. The van der Waals surface area contributed by atoms with Gasteiger partial charge in [-0.25, -0.2) is 9.59 Å². The third-order valence-corrected chi connectivity index (χ3v) is 4.43. The molecule has 0 aromatic carbocycles. The minimum absolute atomic E-state index is 0.0895. The normalized spacial score (nSPS) is 10.3. The summed E-state index contributed by atoms with van der Waals surface area (Å²) in [7, 11) is 3.19. The van der Waals surface area contributed by atoms with Crippen LogP contribution in [0.25, 0.3) is 0 Å². The average molecular weight is 317 g/mol. The number of amides is 2. The summed E-state index contributed by atoms with van der Waals surface area (Å²) in [6, 6.07) is -0.362. The summed E-state index contributed by atoms with van der Waals surface area (Å²) in [4.78, 5) is 24.3. The highest BCUT2D eigenvalue weighted by Crippen LogP contribution is 2.32. The number of anilines is 1. The first kappa shape index (κ1) is 16.8. The molecule has 0 unspecified atom stereocenters. The van der Waals surface area contributed by atoms with E-state index in [1.807, 2.05) is 0 Å². The van der Waals surface area contributed by atoms with Crippen molar-refractivity contribution in [2.75, 3.05) is 25.2 Å². The van der Waals surface area contributed by atoms with Gasteiger partial charge in [-0.05, 0) is 23.7 Å². The lowest BCUT2D eigenvalue weighted by Crippen LogP contribution is -2.27. The van der Waals surface area contributed by atoms with Crippen molar-refractivity contribution in [3.05, 3.63) is 5.56 Å². The van der Waals surface area contributed by atoms with Crippen LogP contribution < -0.4 is 5.32 Å². The summed E-state index contributed by atoms with van der Waals surface area (Å²) in [5, 5.41) is 12.6. The van der Waals surface area contributed by atoms with Crippen LogP contribution in [0.4, 0.5) is 9.80 Å². The van der Waals surface area contributed by atoms with E-state index < -0.39 is 5.97 Å². The first-order valence-corrected chi connectivity index (χ1v) is 8.07. The SMILES string of the molecule is CCCCCSc1nsc(NC(=O)N(C)C)c1C(=O)O. The van der Waals surface area contributed by atoms with Crippen LogP contribution in [-0.2, 0) is 0 Å². The third-order valence-electron chi connectivity index (χ3n) is 2.49. The quantitative estimate of drug-likeness (QED) is 0.596. The van der Waals surface area contributed by atoms with E-state index in [1.165, 1.54) is 16.7 Å². The van der Waals surface area contributed by atoms with Crippen molar-refractivity contribution in [3.8, 4) is 0 Å². The van der Waals surface area contributed by atoms with Crippen molar-refractivity contribution in [1.82, 2.24) is 9.27 Å². The van der Waals surface area contributed by atoms with E-state index in [0.29, 0.717) is 5.03 Å². The second-order valence-electron chi connectivity index (χ2n) is 4.38. The van der Waals surface area contributed by atoms with Crippen LogP contribution in [0.2, 0.25) is 0 Å². The highest BCUT2D eigenvalue weighted by molar-refractivity contribution is 7.99. The molecule has 0 saturated heterocycles. The molecule has 2 amide bonds. The highest BCUT2D eigenvalue weighted by Gasteiger charge is 2.22. The molecule has 1 aromatic heterocycles. The summed E-state index contributed by atoms with van der Waals surface area (Å²) in [6.45, 7) is 2.12. The Kier molecular flexibility index (Phi) is 6.80. The molecule has 0 atom stereocenters. The van der Waals surface area contributed by atoms with E-state index in [1.54, 1.807) is 14.1 Å². The smallest absolute Gasteiger partial charge is 0.341 e. The predicted octanol–water partition coefficient (Wildman–Crippen LogP) is 3.22. The lowest BCUT2D eigenvalue weighted by molar-refractivity contribution is 0.0694. The van der Waals surface area contributed by atoms with Crippen molar-refractivity contribution in [2.45, 2.75) is 31.2 Å². The number of aromatic carboxylic acids is 1. The standard InChI is InChI=1S/C12H19N3O3S2/c1-4-5-6-7-19-10-8(11(16)17)9(20-14-10)13-12(18)15(2)3/h4-7H2,1-3H3,(H,13,18)(H,16,17). The molecule has 8 heteroatoms. The summed E-state index contributed by atoms with van der Waals surface area (Å²) in [5.74, 6) is -0.232. The number of carboxylic acid groups (broad SMARTS) is 1. The fourth-order valence-corrected chi connectivity index (χ4v) is 3.31. The number of nitrogens with one attached hydrogen (secondary N) is 1. The fraction of sp³-hybridized carbons (Fsp3) is 0.583. The summed E-state index contributed by atoms with van der Waals surface area (Å²) < 4.78 is 4.14. The Morgan fingerprint density at radius 2 is 2.10 bits per heavy atom. The molecule has 0 saturated carbocycles. The van der Waals surface area contributed by atoms with Gasteiger partial charge in [0.15, 0.2) is 0 Å². The molecule has 6 nitrogen and oxygen atoms in total. The van der Waals surface area contributed by atoms with Crippen LogP contribution >= 0.6 is 23.3 Å². The van der Waals surface area contributed by atoms with E-state index >= 15 is 0 Å². The lowest BCUT2D eigenvalue weighted by atomic mass is 10.3. The van der Waals surface area contributed by atoms with Crippen LogP contribution in [0.3, 0.4) is 0 Å². The molecule has 0 bridgehead atoms. The molecule has 1 heterocycles. The number of carboxylic acids is 1. The largest absolute Gasteiger partial charge is 0.477 e. The first-order valence-electron chi connectivity index (χ1n) is 6.31. The maximum atomic E-state index is 11.6. The van der Waals surface area contributed by atoms with Gasteiger partial charge in [0.2, 0.25) is 0 Å². The number of aromatic nitrogens is 1. The number of nitrogens with zero attached hydrogens (tertiary/aromatic N) is 2. The van der Waals surface area contributed by atoms with E-state index in [9.17, 15) is 14.7 Å². The number of unbranched alkanes of at least 4 members (excludes halogenated alkanes) is 2. The number of urea groups is 1. The van der Waals surface area contributed by atoms with Gasteiger partial charge in [0.25, 0.3) is 0 Å². The molecule has 1 rings (SSSR count). The maximum Gasteiger partial charge on any atom is 0.341 e. The third kappa shape index (κ3) is 4.68. The molecule has 0 fully saturated rings. The van der Waals surface area contributed by atoms with Gasteiger partial charge in [-0.1, -0.05) is 19.8 Å². The van der Waals surface area contributed by atoms with E-state index in [4.69, 9.17) is 0 Å². The molecule has 0 spiro atoms. The molecule has 2 N–H and O–H groups in total. The Hall–Kier alpha value is -1.28. The van der Waals surface area contributed by atoms with E-state index in [2.05, 4.69) is 16.6 Å². The molecule has 1 aromatic rings. The monoisotopic (exact) mass is 317 g/mol. The van der Waals surface area contributed by atoms with Crippen LogP contribution in [0.5, 0.6) is 0 Å². The Labute approximate surface area is 126 Å². The molecule has 0 aliphatic carbocycles. The van der Waals surface area contributed by atoms with Gasteiger partial charge in [0, 0.05) is 14.1 Å².